The Labute approximate surface area is 187 Å². The number of anilines is 1. The molecule has 7 nitrogen and oxygen atoms in total. The zero-order chi connectivity index (χ0) is 22.2. The lowest BCUT2D eigenvalue weighted by molar-refractivity contribution is -0.122. The molecule has 2 aromatic rings. The van der Waals surface area contributed by atoms with Crippen molar-refractivity contribution >= 4 is 17.6 Å². The number of fused-ring (bicyclic) bond motifs is 1. The van der Waals surface area contributed by atoms with Crippen LogP contribution in [0.1, 0.15) is 24.8 Å². The van der Waals surface area contributed by atoms with Crippen LogP contribution in [-0.4, -0.2) is 44.7 Å². The maximum Gasteiger partial charge on any atom is 0.223 e. The molecule has 1 amide bonds. The molecule has 0 unspecified atom stereocenters. The summed E-state index contributed by atoms with van der Waals surface area (Å²) in [5, 5.41) is 9.48. The molecule has 1 aliphatic carbocycles. The zero-order valence-electron chi connectivity index (χ0n) is 18.0. The van der Waals surface area contributed by atoms with E-state index in [0.717, 1.165) is 36.3 Å². The molecule has 170 valence electrons. The summed E-state index contributed by atoms with van der Waals surface area (Å²) in [7, 11) is 0. The number of hydrogen-bond acceptors (Lipinski definition) is 4. The van der Waals surface area contributed by atoms with Gasteiger partial charge in [0.25, 0.3) is 0 Å². The number of nitrogens with zero attached hydrogens (tertiary/aromatic N) is 1. The van der Waals surface area contributed by atoms with Crippen molar-refractivity contribution < 1.29 is 18.7 Å². The summed E-state index contributed by atoms with van der Waals surface area (Å²) in [6, 6.07) is 12.2. The topological polar surface area (TPSA) is 84.0 Å². The maximum absolute atomic E-state index is 13.4. The van der Waals surface area contributed by atoms with Gasteiger partial charge in [-0.15, -0.1) is 0 Å². The molecule has 32 heavy (non-hydrogen) atoms. The van der Waals surface area contributed by atoms with Crippen LogP contribution in [-0.2, 0) is 11.2 Å². The number of carbonyl (C=O) groups excluding carboxylic acids is 1. The number of aliphatic imine (C=N–C) groups is 1. The molecule has 0 aromatic heterocycles. The molecule has 0 atom stereocenters. The van der Waals surface area contributed by atoms with Crippen LogP contribution in [0.3, 0.4) is 0 Å². The van der Waals surface area contributed by atoms with Crippen molar-refractivity contribution in [3.05, 3.63) is 53.8 Å². The molecule has 0 bridgehead atoms. The molecule has 0 radical (unpaired) electrons. The minimum atomic E-state index is -0.249. The fraction of sp³-hybridized carbons (Fsp3) is 0.417. The first-order chi connectivity index (χ1) is 15.7. The molecular weight excluding hydrogens is 411 g/mol. The number of guanidine groups is 1. The highest BCUT2D eigenvalue weighted by Gasteiger charge is 2.28. The number of carbonyl (C=O) groups is 1. The summed E-state index contributed by atoms with van der Waals surface area (Å²) in [6.45, 7) is 2.79. The van der Waals surface area contributed by atoms with Crippen molar-refractivity contribution in [1.82, 2.24) is 10.6 Å². The molecule has 4 rings (SSSR count). The van der Waals surface area contributed by atoms with Crippen molar-refractivity contribution in [2.24, 2.45) is 10.9 Å². The van der Waals surface area contributed by atoms with Gasteiger partial charge in [-0.3, -0.25) is 9.79 Å². The van der Waals surface area contributed by atoms with Gasteiger partial charge < -0.3 is 25.4 Å². The average Bonchev–Trinajstić information content (AvgIpc) is 3.64. The van der Waals surface area contributed by atoms with Crippen LogP contribution in [0, 0.1) is 11.7 Å². The number of ether oxygens (including phenoxy) is 2. The first-order valence-electron chi connectivity index (χ1n) is 11.1. The van der Waals surface area contributed by atoms with E-state index in [1.807, 2.05) is 24.3 Å². The van der Waals surface area contributed by atoms with Crippen LogP contribution in [0.4, 0.5) is 10.1 Å². The van der Waals surface area contributed by atoms with Crippen LogP contribution in [0.2, 0.25) is 0 Å². The van der Waals surface area contributed by atoms with Gasteiger partial charge in [0.15, 0.2) is 17.5 Å². The highest BCUT2D eigenvalue weighted by molar-refractivity contribution is 5.94. The summed E-state index contributed by atoms with van der Waals surface area (Å²) >= 11 is 0. The van der Waals surface area contributed by atoms with Crippen LogP contribution in [0.5, 0.6) is 11.5 Å². The van der Waals surface area contributed by atoms with Crippen LogP contribution in [0.15, 0.2) is 47.5 Å². The number of rotatable bonds is 8. The Morgan fingerprint density at radius 3 is 2.66 bits per heavy atom. The Morgan fingerprint density at radius 2 is 1.84 bits per heavy atom. The molecule has 8 heteroatoms. The van der Waals surface area contributed by atoms with Crippen LogP contribution >= 0.6 is 0 Å². The fourth-order valence-corrected chi connectivity index (χ4v) is 3.36. The standard InChI is InChI=1S/C24H29FN4O3/c25-19-4-1-3-17(15-19)9-10-27-24(28-12-11-26-23(30)18-5-6-18)29-20-7-8-21-22(16-20)32-14-2-13-31-21/h1,3-4,7-8,15-16,18H,2,5-6,9-14H2,(H,26,30)(H2,27,28,29). The van der Waals surface area contributed by atoms with Gasteiger partial charge in [0.2, 0.25) is 5.91 Å². The predicted molar refractivity (Wildman–Crippen MR) is 122 cm³/mol. The molecular formula is C24H29FN4O3. The Kier molecular flexibility index (Phi) is 7.42. The average molecular weight is 441 g/mol. The van der Waals surface area contributed by atoms with E-state index in [1.165, 1.54) is 12.1 Å². The van der Waals surface area contributed by atoms with Crippen molar-refractivity contribution in [2.75, 3.05) is 38.2 Å². The third-order valence-corrected chi connectivity index (χ3v) is 5.23. The molecule has 1 aliphatic heterocycles. The van der Waals surface area contributed by atoms with E-state index < -0.39 is 0 Å². The van der Waals surface area contributed by atoms with Crippen molar-refractivity contribution in [3.8, 4) is 11.5 Å². The van der Waals surface area contributed by atoms with Gasteiger partial charge >= 0.3 is 0 Å². The number of amides is 1. The number of halogens is 1. The SMILES string of the molecule is O=C(NCCNC(=NCCc1cccc(F)c1)Nc1ccc2c(c1)OCCCO2)C1CC1. The Hall–Kier alpha value is -3.29. The van der Waals surface area contributed by atoms with E-state index in [1.54, 1.807) is 6.07 Å². The maximum atomic E-state index is 13.4. The molecule has 0 spiro atoms. The second-order valence-electron chi connectivity index (χ2n) is 7.94. The molecule has 0 saturated heterocycles. The molecule has 1 heterocycles. The van der Waals surface area contributed by atoms with Gasteiger partial charge in [-0.1, -0.05) is 12.1 Å². The highest BCUT2D eigenvalue weighted by Crippen LogP contribution is 2.32. The Morgan fingerprint density at radius 1 is 1.03 bits per heavy atom. The van der Waals surface area contributed by atoms with Crippen molar-refractivity contribution in [1.29, 1.82) is 0 Å². The largest absolute Gasteiger partial charge is 0.490 e. The molecule has 3 N–H and O–H groups in total. The van der Waals surface area contributed by atoms with E-state index in [2.05, 4.69) is 20.9 Å². The van der Waals surface area contributed by atoms with E-state index in [4.69, 9.17) is 9.47 Å². The smallest absolute Gasteiger partial charge is 0.223 e. The Balaban J connectivity index is 1.37. The second kappa shape index (κ2) is 10.8. The van der Waals surface area contributed by atoms with Crippen molar-refractivity contribution in [3.63, 3.8) is 0 Å². The van der Waals surface area contributed by atoms with Crippen molar-refractivity contribution in [2.45, 2.75) is 25.7 Å². The summed E-state index contributed by atoms with van der Waals surface area (Å²) in [6.07, 6.45) is 3.43. The lowest BCUT2D eigenvalue weighted by atomic mass is 10.1. The number of benzene rings is 2. The van der Waals surface area contributed by atoms with E-state index >= 15 is 0 Å². The molecule has 1 saturated carbocycles. The summed E-state index contributed by atoms with van der Waals surface area (Å²) in [5.74, 6) is 2.07. The first kappa shape index (κ1) is 21.9. The van der Waals surface area contributed by atoms with Gasteiger partial charge in [-0.2, -0.15) is 0 Å². The molecule has 2 aromatic carbocycles. The van der Waals surface area contributed by atoms with Gasteiger partial charge in [-0.25, -0.2) is 4.39 Å². The number of hydrogen-bond donors (Lipinski definition) is 3. The number of nitrogens with one attached hydrogen (secondary N) is 3. The zero-order valence-corrected chi connectivity index (χ0v) is 18.0. The normalized spacial score (nSPS) is 15.6. The lowest BCUT2D eigenvalue weighted by Crippen LogP contribution is -2.38. The quantitative estimate of drug-likeness (QED) is 0.334. The lowest BCUT2D eigenvalue weighted by Gasteiger charge is -2.15. The Bertz CT molecular complexity index is 962. The van der Waals surface area contributed by atoms with Crippen LogP contribution in [0.25, 0.3) is 0 Å². The van der Waals surface area contributed by atoms with Gasteiger partial charge in [-0.05, 0) is 49.1 Å². The molecule has 2 aliphatic rings. The van der Waals surface area contributed by atoms with E-state index in [0.29, 0.717) is 51.0 Å². The molecule has 1 fully saturated rings. The fourth-order valence-electron chi connectivity index (χ4n) is 3.36. The van der Waals surface area contributed by atoms with Gasteiger partial charge in [0.05, 0.1) is 13.2 Å². The summed E-state index contributed by atoms with van der Waals surface area (Å²) < 4.78 is 24.9. The van der Waals surface area contributed by atoms with E-state index in [9.17, 15) is 9.18 Å². The first-order valence-corrected chi connectivity index (χ1v) is 11.1. The monoisotopic (exact) mass is 440 g/mol. The predicted octanol–water partition coefficient (Wildman–Crippen LogP) is 3.11. The third kappa shape index (κ3) is 6.60. The third-order valence-electron chi connectivity index (χ3n) is 5.23. The van der Waals surface area contributed by atoms with Gasteiger partial charge in [0.1, 0.15) is 5.82 Å². The van der Waals surface area contributed by atoms with Gasteiger partial charge in [0, 0.05) is 43.7 Å². The summed E-state index contributed by atoms with van der Waals surface area (Å²) in [5.41, 5.74) is 1.70. The second-order valence-corrected chi connectivity index (χ2v) is 7.94. The minimum absolute atomic E-state index is 0.118. The summed E-state index contributed by atoms with van der Waals surface area (Å²) in [4.78, 5) is 16.4. The highest BCUT2D eigenvalue weighted by atomic mass is 19.1. The van der Waals surface area contributed by atoms with E-state index in [-0.39, 0.29) is 17.6 Å². The minimum Gasteiger partial charge on any atom is -0.490 e. The van der Waals surface area contributed by atoms with Crippen LogP contribution < -0.4 is 25.4 Å².